The first-order chi connectivity index (χ1) is 12.3. The molecule has 2 aromatic carbocycles. The molecule has 1 heterocycles. The largest absolute Gasteiger partial charge is 0.262 e. The Hall–Kier alpha value is -0.490. The van der Waals surface area contributed by atoms with Crippen molar-refractivity contribution in [3.05, 3.63) is 67.3 Å². The summed E-state index contributed by atoms with van der Waals surface area (Å²) in [6.07, 6.45) is 0. The predicted molar refractivity (Wildman–Crippen MR) is 111 cm³/mol. The molecule has 1 aliphatic rings. The van der Waals surface area contributed by atoms with Crippen LogP contribution in [0.15, 0.2) is 40.9 Å². The second kappa shape index (κ2) is 6.84. The van der Waals surface area contributed by atoms with Gasteiger partial charge in [-0.15, -0.1) is 23.2 Å². The molecule has 2 atom stereocenters. The number of H-pyrrole nitrogens is 1. The summed E-state index contributed by atoms with van der Waals surface area (Å²) in [6.45, 7) is 0. The van der Waals surface area contributed by atoms with Crippen LogP contribution in [0.5, 0.6) is 0 Å². The quantitative estimate of drug-likeness (QED) is 0.376. The first-order valence-corrected chi connectivity index (χ1v) is 10.2. The van der Waals surface area contributed by atoms with Crippen LogP contribution in [0.2, 0.25) is 15.1 Å². The van der Waals surface area contributed by atoms with Gasteiger partial charge >= 0.3 is 0 Å². The van der Waals surface area contributed by atoms with E-state index in [1.54, 1.807) is 12.1 Å². The first kappa shape index (κ1) is 18.9. The molecular weight excluding hydrogens is 503 g/mol. The average molecular weight is 512 g/mol. The van der Waals surface area contributed by atoms with Crippen molar-refractivity contribution in [2.45, 2.75) is 16.2 Å². The van der Waals surface area contributed by atoms with E-state index in [-0.39, 0.29) is 11.8 Å². The summed E-state index contributed by atoms with van der Waals surface area (Å²) in [5, 5.41) is 8.90. The molecule has 3 aromatic rings. The van der Waals surface area contributed by atoms with Crippen LogP contribution in [0.1, 0.15) is 23.2 Å². The molecule has 0 amide bonds. The molecule has 0 radical (unpaired) electrons. The lowest BCUT2D eigenvalue weighted by Gasteiger charge is -2.02. The van der Waals surface area contributed by atoms with E-state index in [2.05, 4.69) is 31.1 Å². The van der Waals surface area contributed by atoms with E-state index < -0.39 is 4.33 Å². The van der Waals surface area contributed by atoms with Gasteiger partial charge in [-0.05, 0) is 57.9 Å². The highest BCUT2D eigenvalue weighted by atomic mass is 79.9. The van der Waals surface area contributed by atoms with Gasteiger partial charge in [0.2, 0.25) is 0 Å². The summed E-state index contributed by atoms with van der Waals surface area (Å²) in [7, 11) is 0. The number of hydrogen-bond acceptors (Lipinski definition) is 2. The number of aromatic amines is 1. The number of benzene rings is 2. The maximum atomic E-state index is 6.51. The van der Waals surface area contributed by atoms with Crippen LogP contribution in [-0.4, -0.2) is 19.5 Å². The van der Waals surface area contributed by atoms with Gasteiger partial charge in [0.1, 0.15) is 10.2 Å². The SMILES string of the molecule is Clc1cc(Cl)cc(C2C(c3nc(-c4ccc(Cl)c(Br)c4)n[nH]3)C2(Cl)Cl)c1. The monoisotopic (exact) mass is 509 g/mol. The number of nitrogens with one attached hydrogen (secondary N) is 1. The van der Waals surface area contributed by atoms with E-state index >= 15 is 0 Å². The van der Waals surface area contributed by atoms with E-state index in [1.807, 2.05) is 24.3 Å². The molecule has 1 fully saturated rings. The van der Waals surface area contributed by atoms with Crippen molar-refractivity contribution >= 4 is 73.9 Å². The third-order valence-electron chi connectivity index (χ3n) is 4.27. The van der Waals surface area contributed by atoms with E-state index in [0.29, 0.717) is 26.7 Å². The maximum absolute atomic E-state index is 6.51. The molecule has 0 spiro atoms. The van der Waals surface area contributed by atoms with Crippen molar-refractivity contribution in [3.8, 4) is 11.4 Å². The summed E-state index contributed by atoms with van der Waals surface area (Å²) in [6, 6.07) is 10.8. The minimum Gasteiger partial charge on any atom is -0.262 e. The molecule has 0 saturated heterocycles. The Morgan fingerprint density at radius 2 is 1.65 bits per heavy atom. The van der Waals surface area contributed by atoms with Gasteiger partial charge in [0.15, 0.2) is 5.82 Å². The van der Waals surface area contributed by atoms with Crippen LogP contribution in [0.25, 0.3) is 11.4 Å². The Labute approximate surface area is 183 Å². The average Bonchev–Trinajstić information content (AvgIpc) is 2.91. The Bertz CT molecular complexity index is 984. The van der Waals surface area contributed by atoms with Crippen molar-refractivity contribution < 1.29 is 0 Å². The molecule has 1 N–H and O–H groups in total. The highest BCUT2D eigenvalue weighted by molar-refractivity contribution is 9.10. The molecule has 0 aliphatic heterocycles. The molecule has 1 aromatic heterocycles. The minimum atomic E-state index is -1.01. The fourth-order valence-electron chi connectivity index (χ4n) is 3.01. The highest BCUT2D eigenvalue weighted by Gasteiger charge is 2.66. The van der Waals surface area contributed by atoms with Gasteiger partial charge in [-0.3, -0.25) is 5.10 Å². The topological polar surface area (TPSA) is 41.6 Å². The second-order valence-electron chi connectivity index (χ2n) is 6.01. The molecule has 1 aliphatic carbocycles. The summed E-state index contributed by atoms with van der Waals surface area (Å²) in [4.78, 5) is 4.56. The zero-order chi connectivity index (χ0) is 18.6. The van der Waals surface area contributed by atoms with E-state index in [1.165, 1.54) is 0 Å². The fraction of sp³-hybridized carbons (Fsp3) is 0.176. The molecule has 3 nitrogen and oxygen atoms in total. The third-order valence-corrected chi connectivity index (χ3v) is 6.86. The maximum Gasteiger partial charge on any atom is 0.181 e. The second-order valence-corrected chi connectivity index (χ2v) is 9.58. The minimum absolute atomic E-state index is 0.181. The number of halogens is 6. The zero-order valence-electron chi connectivity index (χ0n) is 12.8. The first-order valence-electron chi connectivity index (χ1n) is 7.49. The molecule has 4 rings (SSSR count). The van der Waals surface area contributed by atoms with Crippen LogP contribution in [0.4, 0.5) is 0 Å². The molecular formula is C17H9BrCl5N3. The third kappa shape index (κ3) is 3.36. The van der Waals surface area contributed by atoms with Gasteiger partial charge < -0.3 is 0 Å². The lowest BCUT2D eigenvalue weighted by atomic mass is 10.1. The zero-order valence-corrected chi connectivity index (χ0v) is 18.1. The van der Waals surface area contributed by atoms with Crippen LogP contribution >= 0.6 is 73.9 Å². The van der Waals surface area contributed by atoms with Crippen molar-refractivity contribution in [1.82, 2.24) is 15.2 Å². The lowest BCUT2D eigenvalue weighted by molar-refractivity contribution is 0.899. The van der Waals surface area contributed by atoms with Gasteiger partial charge in [0.05, 0.1) is 10.9 Å². The summed E-state index contributed by atoms with van der Waals surface area (Å²) in [5.74, 6) is 0.727. The number of aromatic nitrogens is 3. The lowest BCUT2D eigenvalue weighted by Crippen LogP contribution is -1.92. The standard InChI is InChI=1S/C17H9BrCl5N3/c18-11-5-7(1-2-12(11)21)15-24-16(26-25-15)14-13(17(14,22)23)8-3-9(19)6-10(20)4-8/h1-6,13-14H,(H,24,25,26). The Balaban J connectivity index is 1.66. The summed E-state index contributed by atoms with van der Waals surface area (Å²) >= 11 is 34.7. The van der Waals surface area contributed by atoms with Gasteiger partial charge in [-0.25, -0.2) is 4.98 Å². The van der Waals surface area contributed by atoms with Crippen molar-refractivity contribution in [2.75, 3.05) is 0 Å². The normalized spacial score (nSPS) is 21.0. The fourth-order valence-corrected chi connectivity index (χ4v) is 4.89. The summed E-state index contributed by atoms with van der Waals surface area (Å²) in [5.41, 5.74) is 1.69. The molecule has 26 heavy (non-hydrogen) atoms. The van der Waals surface area contributed by atoms with Crippen LogP contribution in [-0.2, 0) is 0 Å². The molecule has 9 heteroatoms. The Morgan fingerprint density at radius 3 is 2.31 bits per heavy atom. The van der Waals surface area contributed by atoms with Gasteiger partial charge in [-0.1, -0.05) is 34.8 Å². The number of rotatable bonds is 3. The van der Waals surface area contributed by atoms with Crippen LogP contribution < -0.4 is 0 Å². The van der Waals surface area contributed by atoms with Crippen molar-refractivity contribution in [1.29, 1.82) is 0 Å². The van der Waals surface area contributed by atoms with Gasteiger partial charge in [-0.2, -0.15) is 5.10 Å². The van der Waals surface area contributed by atoms with Crippen molar-refractivity contribution in [2.24, 2.45) is 0 Å². The molecule has 134 valence electrons. The van der Waals surface area contributed by atoms with Crippen LogP contribution in [0.3, 0.4) is 0 Å². The molecule has 1 saturated carbocycles. The predicted octanol–water partition coefficient (Wildman–Crippen LogP) is 7.25. The Kier molecular flexibility index (Phi) is 4.96. The smallest absolute Gasteiger partial charge is 0.181 e. The van der Waals surface area contributed by atoms with Crippen molar-refractivity contribution in [3.63, 3.8) is 0 Å². The Morgan fingerprint density at radius 1 is 0.962 bits per heavy atom. The number of hydrogen-bond donors (Lipinski definition) is 1. The van der Waals surface area contributed by atoms with E-state index in [9.17, 15) is 0 Å². The van der Waals surface area contributed by atoms with E-state index in [4.69, 9.17) is 58.0 Å². The van der Waals surface area contributed by atoms with E-state index in [0.717, 1.165) is 15.6 Å². The number of nitrogens with zero attached hydrogens (tertiary/aromatic N) is 2. The van der Waals surface area contributed by atoms with Gasteiger partial charge in [0.25, 0.3) is 0 Å². The summed E-state index contributed by atoms with van der Waals surface area (Å²) < 4.78 is -0.240. The molecule has 0 bridgehead atoms. The molecule has 2 unspecified atom stereocenters. The highest BCUT2D eigenvalue weighted by Crippen LogP contribution is 2.69. The number of alkyl halides is 2. The van der Waals surface area contributed by atoms with Crippen LogP contribution in [0, 0.1) is 0 Å². The van der Waals surface area contributed by atoms with Gasteiger partial charge in [0, 0.05) is 26.0 Å².